The number of imidazole rings is 3. The number of para-hydroxylation sites is 2. The van der Waals surface area contributed by atoms with Crippen LogP contribution in [0.15, 0.2) is 208 Å². The monoisotopic (exact) mass is 1730 g/mol. The van der Waals surface area contributed by atoms with Crippen LogP contribution in [-0.2, 0) is 95.6 Å². The quantitative estimate of drug-likeness (QED) is 0.0833. The number of halogens is 1. The normalized spacial score (nSPS) is 19.8. The van der Waals surface area contributed by atoms with E-state index in [-0.39, 0.29) is 51.3 Å². The van der Waals surface area contributed by atoms with Crippen molar-refractivity contribution in [2.75, 3.05) is 64.2 Å². The maximum Gasteiger partial charge on any atom is 0.317 e. The number of H-pyrrole nitrogens is 2. The molecule has 0 saturated carbocycles. The number of benzene rings is 3. The van der Waals surface area contributed by atoms with Crippen LogP contribution in [0.3, 0.4) is 0 Å². The molecule has 21 heterocycles. The number of amides is 6. The first-order chi connectivity index (χ1) is 62.4. The number of carbonyl (C=O) groups excluding carboxylic acids is 5. The molecule has 3 aromatic carbocycles. The summed E-state index contributed by atoms with van der Waals surface area (Å²) in [4.78, 5) is 113. The highest BCUT2D eigenvalue weighted by atomic mass is 35.5. The highest BCUT2D eigenvalue weighted by molar-refractivity contribution is 6.35. The highest BCUT2D eigenvalue weighted by Crippen LogP contribution is 2.49. The summed E-state index contributed by atoms with van der Waals surface area (Å²) in [6.45, 7) is 12.2. The number of pyridine rings is 5. The van der Waals surface area contributed by atoms with Gasteiger partial charge in [-0.15, -0.1) is 0 Å². The lowest BCUT2D eigenvalue weighted by molar-refractivity contribution is -0.130. The number of fused-ring (bicyclic) bond motifs is 12. The number of aromatic nitrogens is 20. The van der Waals surface area contributed by atoms with Gasteiger partial charge < -0.3 is 49.3 Å². The van der Waals surface area contributed by atoms with E-state index in [0.29, 0.717) is 48.8 Å². The Morgan fingerprint density at radius 2 is 0.859 bits per heavy atom. The Morgan fingerprint density at radius 3 is 1.33 bits per heavy atom. The van der Waals surface area contributed by atoms with Gasteiger partial charge in [0.05, 0.1) is 69.3 Å². The second-order valence-electron chi connectivity index (χ2n) is 35.2. The van der Waals surface area contributed by atoms with Crippen LogP contribution >= 0.6 is 11.6 Å². The lowest BCUT2D eigenvalue weighted by atomic mass is 9.82. The van der Waals surface area contributed by atoms with Crippen molar-refractivity contribution in [1.29, 1.82) is 0 Å². The van der Waals surface area contributed by atoms with Gasteiger partial charge in [0.1, 0.15) is 28.8 Å². The fraction of sp³-hybridized carbons (Fsp3) is 0.323. The van der Waals surface area contributed by atoms with Crippen molar-refractivity contribution in [3.05, 3.63) is 259 Å². The van der Waals surface area contributed by atoms with Crippen molar-refractivity contribution >= 4 is 90.7 Å². The molecular formula is C96H95ClN26O5. The Bertz CT molecular complexity index is 6980. The molecule has 4 atom stereocenters. The Hall–Kier alpha value is -14.4. The molecule has 13 aromatic heterocycles. The van der Waals surface area contributed by atoms with Crippen LogP contribution in [0.5, 0.6) is 0 Å². The van der Waals surface area contributed by atoms with E-state index in [4.69, 9.17) is 32.0 Å². The number of hydrogen-bond acceptors (Lipinski definition) is 17. The number of hydrogen-bond donors (Lipinski definition) is 4. The molecule has 128 heavy (non-hydrogen) atoms. The number of aryl methyl sites for hydroxylation is 6. The van der Waals surface area contributed by atoms with Gasteiger partial charge in [0.15, 0.2) is 0 Å². The third-order valence-electron chi connectivity index (χ3n) is 27.6. The molecule has 646 valence electrons. The van der Waals surface area contributed by atoms with E-state index >= 15 is 0 Å². The average Bonchev–Trinajstić information content (AvgIpc) is 1.61. The molecule has 32 heteroatoms. The van der Waals surface area contributed by atoms with Gasteiger partial charge >= 0.3 is 6.03 Å². The predicted molar refractivity (Wildman–Crippen MR) is 484 cm³/mol. The lowest BCUT2D eigenvalue weighted by Gasteiger charge is -2.23. The minimum absolute atomic E-state index is 0.00609. The molecule has 4 fully saturated rings. The molecule has 6 amide bonds. The topological polar surface area (TPSA) is 338 Å². The number of nitrogens with one attached hydrogen (secondary N) is 4. The van der Waals surface area contributed by atoms with Crippen LogP contribution < -0.4 is 10.6 Å². The number of likely N-dealkylation sites (tertiary alicyclic amines) is 4. The van der Waals surface area contributed by atoms with Gasteiger partial charge in [-0.3, -0.25) is 57.8 Å². The van der Waals surface area contributed by atoms with E-state index in [9.17, 15) is 24.0 Å². The summed E-state index contributed by atoms with van der Waals surface area (Å²) in [5.74, 6) is 2.50. The van der Waals surface area contributed by atoms with E-state index in [1.807, 2.05) is 154 Å². The van der Waals surface area contributed by atoms with Crippen LogP contribution in [0.2, 0.25) is 5.02 Å². The zero-order chi connectivity index (χ0) is 87.0. The minimum Gasteiger partial charge on any atom is -0.348 e. The van der Waals surface area contributed by atoms with Crippen molar-refractivity contribution in [2.24, 2.45) is 14.1 Å². The summed E-state index contributed by atoms with van der Waals surface area (Å²) in [6.07, 6.45) is 30.5. The number of nitrogens with zero attached hydrogens (tertiary/aromatic N) is 22. The third kappa shape index (κ3) is 15.1. The maximum absolute atomic E-state index is 12.9. The predicted octanol–water partition coefficient (Wildman–Crippen LogP) is 12.6. The fourth-order valence-corrected chi connectivity index (χ4v) is 20.7. The third-order valence-corrected chi connectivity index (χ3v) is 28.0. The summed E-state index contributed by atoms with van der Waals surface area (Å²) in [7, 11) is 3.85. The molecule has 4 unspecified atom stereocenters. The van der Waals surface area contributed by atoms with Gasteiger partial charge in [-0.05, 0) is 143 Å². The summed E-state index contributed by atoms with van der Waals surface area (Å²) < 4.78 is 12.3. The van der Waals surface area contributed by atoms with Crippen LogP contribution in [-0.4, -0.2) is 206 Å². The molecule has 31 nitrogen and oxygen atoms in total. The van der Waals surface area contributed by atoms with Gasteiger partial charge in [-0.1, -0.05) is 60.1 Å². The van der Waals surface area contributed by atoms with Gasteiger partial charge in [0.2, 0.25) is 17.7 Å². The second-order valence-corrected chi connectivity index (χ2v) is 35.6. The van der Waals surface area contributed by atoms with Crippen LogP contribution in [0.25, 0.3) is 88.8 Å². The largest absolute Gasteiger partial charge is 0.348 e. The zero-order valence-corrected chi connectivity index (χ0v) is 72.1. The lowest BCUT2D eigenvalue weighted by Crippen LogP contribution is -2.40. The summed E-state index contributed by atoms with van der Waals surface area (Å²) in [5.41, 5.74) is 17.0. The molecule has 16 aromatic rings. The fourth-order valence-electron chi connectivity index (χ4n) is 20.5. The number of urea groups is 1. The molecule has 4 N–H and O–H groups in total. The van der Waals surface area contributed by atoms with Crippen LogP contribution in [0, 0.1) is 0 Å². The van der Waals surface area contributed by atoms with Crippen molar-refractivity contribution in [2.45, 2.75) is 125 Å². The van der Waals surface area contributed by atoms with E-state index in [2.05, 4.69) is 128 Å². The van der Waals surface area contributed by atoms with Crippen LogP contribution in [0.1, 0.15) is 109 Å². The Morgan fingerprint density at radius 1 is 0.422 bits per heavy atom. The van der Waals surface area contributed by atoms with E-state index in [1.165, 1.54) is 22.8 Å². The van der Waals surface area contributed by atoms with Gasteiger partial charge in [0.25, 0.3) is 5.91 Å². The molecule has 0 bridgehead atoms. The van der Waals surface area contributed by atoms with Crippen molar-refractivity contribution in [3.63, 3.8) is 0 Å². The minimum atomic E-state index is -0.269. The molecule has 24 rings (SSSR count). The first-order valence-corrected chi connectivity index (χ1v) is 44.3. The summed E-state index contributed by atoms with van der Waals surface area (Å²) in [6, 6.07) is 44.3. The van der Waals surface area contributed by atoms with Crippen LogP contribution in [0.4, 0.5) is 10.5 Å². The standard InChI is InChI=1S/C27H27N7O2.C24H24N6O.C23H22N6O.C22H22ClN7O/c1-2-28-26(36)33-12-9-27(17-33)10-13-34-24(27)15-23(32-34)18-14-19-20(30-16-18)7-5-8-21(19)31-25(35)22-6-3-4-11-29-22;1-28-11-8-25-22(28)14-23(31)29-9-6-24(16-29)7-10-30-21(24)13-20(27-30)18-12-17-4-2-3-5-19(17)26-15-18;30-22(13-21-24-7-8-25-21)28-9-5-23(15-28)6-10-29-20(23)12-19(27-29)17-11-16-3-1-2-4-18(16)26-14-17;1-28-7-4-24-19(28)10-20(31)29-5-2-22(13-29)3-6-30-18(22)9-17(27-30)14-8-15-16(23)12-26-21(15)25-11-14/h3-8,11,14-16H,2,9-10,12-13,17H2,1H3,(H,28,36)(H,31,35);2-5,8,11-13,15H,6-7,9-10,14,16H2,1H3;1-4,7-8,11-12,14H,5-6,9-10,13,15H2,(H,24,25);4,7-9,11-12H,2-3,5-6,10,13H2,1H3,(H,25,26). The van der Waals surface area contributed by atoms with Crippen molar-refractivity contribution in [1.82, 2.24) is 123 Å². The molecule has 8 aliphatic heterocycles. The molecule has 0 radical (unpaired) electrons. The number of aromatic amines is 2. The van der Waals surface area contributed by atoms with E-state index in [0.717, 1.165) is 230 Å². The summed E-state index contributed by atoms with van der Waals surface area (Å²) in [5, 5.41) is 30.0. The molecule has 4 saturated heterocycles. The van der Waals surface area contributed by atoms with Crippen molar-refractivity contribution < 1.29 is 24.0 Å². The average molecular weight is 1730 g/mol. The van der Waals surface area contributed by atoms with Gasteiger partial charge in [-0.25, -0.2) is 24.7 Å². The van der Waals surface area contributed by atoms with E-state index in [1.54, 1.807) is 55.4 Å². The molecular weight excluding hydrogens is 1630 g/mol. The first kappa shape index (κ1) is 80.7. The Balaban J connectivity index is 0.000000104. The maximum atomic E-state index is 12.9. The zero-order valence-electron chi connectivity index (χ0n) is 71.4. The Labute approximate surface area is 741 Å². The second kappa shape index (κ2) is 32.9. The van der Waals surface area contributed by atoms with Crippen molar-refractivity contribution in [3.8, 4) is 45.0 Å². The SMILES string of the molecule is CCNC(=O)N1CCC2(CCn3nc(-c4cnc5cccc(NC(=O)c6ccccn6)c5c4)cc32)C1.Cn1ccnc1CC(=O)N1CCC2(CCn3nc(-c4cnc5[nH]cc(Cl)c5c4)cc32)C1.Cn1ccnc1CC(=O)N1CCC2(CCn3nc(-c4cnc5ccccc5c4)cc32)C1.O=C(Cc1ncc[nH]1)N1CCC2(CCn3nc(-c4cnc5ccccc5c4)cc32)C1. The van der Waals surface area contributed by atoms with Gasteiger partial charge in [-0.2, -0.15) is 20.4 Å². The smallest absolute Gasteiger partial charge is 0.317 e. The molecule has 4 spiro atoms. The number of rotatable bonds is 13. The first-order valence-electron chi connectivity index (χ1n) is 44.0. The van der Waals surface area contributed by atoms with E-state index < -0.39 is 0 Å². The number of carbonyl (C=O) groups is 5. The summed E-state index contributed by atoms with van der Waals surface area (Å²) >= 11 is 6.27. The molecule has 0 aliphatic carbocycles. The highest BCUT2D eigenvalue weighted by Gasteiger charge is 2.51. The van der Waals surface area contributed by atoms with Gasteiger partial charge in [0, 0.05) is 262 Å². The molecule has 8 aliphatic rings. The Kier molecular flexibility index (Phi) is 20.7. The number of anilines is 1.